The SMILES string of the molecule is COc1cccc(C(=O)Nc2ccc(-c3cc(=O)c4cc(OC)ccc4o3)cc2)c1. The fourth-order valence-electron chi connectivity index (χ4n) is 3.09. The van der Waals surface area contributed by atoms with Gasteiger partial charge in [0.05, 0.1) is 19.6 Å². The second-order valence-corrected chi connectivity index (χ2v) is 6.60. The number of fused-ring (bicyclic) bond motifs is 1. The number of ether oxygens (including phenoxy) is 2. The zero-order valence-corrected chi connectivity index (χ0v) is 16.5. The molecule has 0 saturated heterocycles. The largest absolute Gasteiger partial charge is 0.497 e. The van der Waals surface area contributed by atoms with Gasteiger partial charge in [0.1, 0.15) is 22.8 Å². The highest BCUT2D eigenvalue weighted by Gasteiger charge is 2.10. The van der Waals surface area contributed by atoms with Crippen LogP contribution >= 0.6 is 0 Å². The Balaban J connectivity index is 1.57. The van der Waals surface area contributed by atoms with Gasteiger partial charge in [-0.3, -0.25) is 9.59 Å². The number of methoxy groups -OCH3 is 2. The van der Waals surface area contributed by atoms with Crippen molar-refractivity contribution in [3.8, 4) is 22.8 Å². The summed E-state index contributed by atoms with van der Waals surface area (Å²) in [5.41, 5.74) is 2.17. The number of benzene rings is 3. The van der Waals surface area contributed by atoms with Gasteiger partial charge in [-0.15, -0.1) is 0 Å². The maximum absolute atomic E-state index is 12.5. The van der Waals surface area contributed by atoms with Gasteiger partial charge in [-0.25, -0.2) is 0 Å². The van der Waals surface area contributed by atoms with Gasteiger partial charge in [0.25, 0.3) is 5.91 Å². The van der Waals surface area contributed by atoms with E-state index >= 15 is 0 Å². The summed E-state index contributed by atoms with van der Waals surface area (Å²) in [5.74, 6) is 1.41. The van der Waals surface area contributed by atoms with Crippen LogP contribution in [0.1, 0.15) is 10.4 Å². The Bertz CT molecular complexity index is 1280. The Hall–Kier alpha value is -4.06. The lowest BCUT2D eigenvalue weighted by Crippen LogP contribution is -2.11. The normalized spacial score (nSPS) is 10.6. The molecule has 6 nitrogen and oxygen atoms in total. The monoisotopic (exact) mass is 401 g/mol. The van der Waals surface area contributed by atoms with Crippen molar-refractivity contribution in [1.29, 1.82) is 0 Å². The van der Waals surface area contributed by atoms with Crippen molar-refractivity contribution in [3.05, 3.63) is 88.6 Å². The third kappa shape index (κ3) is 3.89. The summed E-state index contributed by atoms with van der Waals surface area (Å²) in [6.45, 7) is 0. The molecule has 0 aliphatic heterocycles. The van der Waals surface area contributed by atoms with Crippen LogP contribution in [-0.4, -0.2) is 20.1 Å². The maximum atomic E-state index is 12.5. The van der Waals surface area contributed by atoms with Gasteiger partial charge < -0.3 is 19.2 Å². The standard InChI is InChI=1S/C24H19NO5/c1-28-18-5-3-4-16(12-18)24(27)25-17-8-6-15(7-9-17)23-14-21(26)20-13-19(29-2)10-11-22(20)30-23/h3-14H,1-2H3,(H,25,27). The summed E-state index contributed by atoms with van der Waals surface area (Å²) in [6, 6.07) is 20.6. The number of amides is 1. The molecule has 4 aromatic rings. The highest BCUT2D eigenvalue weighted by molar-refractivity contribution is 6.04. The number of nitrogens with one attached hydrogen (secondary N) is 1. The molecule has 150 valence electrons. The first-order valence-electron chi connectivity index (χ1n) is 9.25. The van der Waals surface area contributed by atoms with Crippen LogP contribution in [0.3, 0.4) is 0 Å². The molecule has 1 aromatic heterocycles. The van der Waals surface area contributed by atoms with Crippen molar-refractivity contribution < 1.29 is 18.7 Å². The Morgan fingerprint density at radius 3 is 2.33 bits per heavy atom. The Kier molecular flexibility index (Phi) is 5.22. The number of carbonyl (C=O) groups is 1. The molecule has 0 saturated carbocycles. The molecule has 1 N–H and O–H groups in total. The summed E-state index contributed by atoms with van der Waals surface area (Å²) < 4.78 is 16.2. The van der Waals surface area contributed by atoms with Crippen LogP contribution in [0.15, 0.2) is 82.0 Å². The Labute approximate surface area is 172 Å². The minimum atomic E-state index is -0.243. The second-order valence-electron chi connectivity index (χ2n) is 6.60. The van der Waals surface area contributed by atoms with Crippen LogP contribution < -0.4 is 20.2 Å². The van der Waals surface area contributed by atoms with E-state index in [1.807, 2.05) is 0 Å². The van der Waals surface area contributed by atoms with Gasteiger partial charge >= 0.3 is 0 Å². The predicted molar refractivity (Wildman–Crippen MR) is 115 cm³/mol. The molecule has 3 aromatic carbocycles. The van der Waals surface area contributed by atoms with Gasteiger partial charge in [0.2, 0.25) is 0 Å². The minimum absolute atomic E-state index is 0.152. The summed E-state index contributed by atoms with van der Waals surface area (Å²) in [5, 5.41) is 3.30. The van der Waals surface area contributed by atoms with Crippen molar-refractivity contribution in [2.45, 2.75) is 0 Å². The van der Waals surface area contributed by atoms with E-state index in [1.165, 1.54) is 6.07 Å². The first-order chi connectivity index (χ1) is 14.6. The van der Waals surface area contributed by atoms with Crippen molar-refractivity contribution in [1.82, 2.24) is 0 Å². The van der Waals surface area contributed by atoms with Gasteiger partial charge in [-0.2, -0.15) is 0 Å². The lowest BCUT2D eigenvalue weighted by atomic mass is 10.1. The molecular formula is C24H19NO5. The van der Waals surface area contributed by atoms with Gasteiger partial charge in [-0.05, 0) is 60.7 Å². The molecule has 0 aliphatic rings. The summed E-state index contributed by atoms with van der Waals surface area (Å²) in [7, 11) is 3.10. The lowest BCUT2D eigenvalue weighted by molar-refractivity contribution is 0.102. The summed E-state index contributed by atoms with van der Waals surface area (Å²) in [4.78, 5) is 24.9. The summed E-state index contributed by atoms with van der Waals surface area (Å²) in [6.07, 6.45) is 0. The predicted octanol–water partition coefficient (Wildman–Crippen LogP) is 4.73. The minimum Gasteiger partial charge on any atom is -0.497 e. The molecule has 0 aliphatic carbocycles. The average Bonchev–Trinajstić information content (AvgIpc) is 2.79. The van der Waals surface area contributed by atoms with E-state index in [4.69, 9.17) is 13.9 Å². The van der Waals surface area contributed by atoms with Crippen molar-refractivity contribution >= 4 is 22.6 Å². The van der Waals surface area contributed by atoms with Crippen LogP contribution in [-0.2, 0) is 0 Å². The third-order valence-corrected chi connectivity index (χ3v) is 4.69. The van der Waals surface area contributed by atoms with Crippen LogP contribution in [0.25, 0.3) is 22.3 Å². The molecule has 4 rings (SSSR count). The Morgan fingerprint density at radius 2 is 1.60 bits per heavy atom. The van der Waals surface area contributed by atoms with Crippen molar-refractivity contribution in [2.24, 2.45) is 0 Å². The van der Waals surface area contributed by atoms with E-state index in [1.54, 1.807) is 80.9 Å². The van der Waals surface area contributed by atoms with E-state index < -0.39 is 0 Å². The number of hydrogen-bond acceptors (Lipinski definition) is 5. The number of anilines is 1. The van der Waals surface area contributed by atoms with Crippen LogP contribution in [0, 0.1) is 0 Å². The van der Waals surface area contributed by atoms with E-state index in [-0.39, 0.29) is 11.3 Å². The van der Waals surface area contributed by atoms with Gasteiger partial charge in [0.15, 0.2) is 5.43 Å². The number of hydrogen-bond donors (Lipinski definition) is 1. The van der Waals surface area contributed by atoms with Gasteiger partial charge in [-0.1, -0.05) is 6.07 Å². The maximum Gasteiger partial charge on any atom is 0.255 e. The zero-order chi connectivity index (χ0) is 21.1. The fraction of sp³-hybridized carbons (Fsp3) is 0.0833. The summed E-state index contributed by atoms with van der Waals surface area (Å²) >= 11 is 0. The smallest absolute Gasteiger partial charge is 0.255 e. The molecule has 0 atom stereocenters. The first kappa shape index (κ1) is 19.3. The quantitative estimate of drug-likeness (QED) is 0.523. The fourth-order valence-corrected chi connectivity index (χ4v) is 3.09. The zero-order valence-electron chi connectivity index (χ0n) is 16.5. The van der Waals surface area contributed by atoms with Crippen LogP contribution in [0.5, 0.6) is 11.5 Å². The van der Waals surface area contributed by atoms with Crippen molar-refractivity contribution in [2.75, 3.05) is 19.5 Å². The second kappa shape index (κ2) is 8.13. The lowest BCUT2D eigenvalue weighted by Gasteiger charge is -2.08. The van der Waals surface area contributed by atoms with E-state index in [0.29, 0.717) is 39.5 Å². The third-order valence-electron chi connectivity index (χ3n) is 4.69. The molecule has 0 radical (unpaired) electrons. The number of rotatable bonds is 5. The molecule has 0 bridgehead atoms. The molecule has 6 heteroatoms. The first-order valence-corrected chi connectivity index (χ1v) is 9.25. The molecule has 1 amide bonds. The van der Waals surface area contributed by atoms with E-state index in [9.17, 15) is 9.59 Å². The molecule has 0 unspecified atom stereocenters. The topological polar surface area (TPSA) is 77.8 Å². The van der Waals surface area contributed by atoms with Crippen molar-refractivity contribution in [3.63, 3.8) is 0 Å². The molecule has 0 spiro atoms. The average molecular weight is 401 g/mol. The van der Waals surface area contributed by atoms with Crippen LogP contribution in [0.4, 0.5) is 5.69 Å². The molecular weight excluding hydrogens is 382 g/mol. The Morgan fingerprint density at radius 1 is 0.867 bits per heavy atom. The van der Waals surface area contributed by atoms with Gasteiger partial charge in [0, 0.05) is 22.9 Å². The van der Waals surface area contributed by atoms with Crippen LogP contribution in [0.2, 0.25) is 0 Å². The number of carbonyl (C=O) groups excluding carboxylic acids is 1. The molecule has 0 fully saturated rings. The molecule has 30 heavy (non-hydrogen) atoms. The van der Waals surface area contributed by atoms with E-state index in [0.717, 1.165) is 5.56 Å². The molecule has 1 heterocycles. The highest BCUT2D eigenvalue weighted by atomic mass is 16.5. The highest BCUT2D eigenvalue weighted by Crippen LogP contribution is 2.26. The van der Waals surface area contributed by atoms with E-state index in [2.05, 4.69) is 5.32 Å².